The molecule has 1 aromatic carbocycles. The van der Waals surface area contributed by atoms with Crippen LogP contribution in [0, 0.1) is 0 Å². The first-order chi connectivity index (χ1) is 11.0. The molecule has 2 aromatic rings. The van der Waals surface area contributed by atoms with E-state index in [-0.39, 0.29) is 18.1 Å². The zero-order chi connectivity index (χ0) is 16.8. The van der Waals surface area contributed by atoms with Gasteiger partial charge in [-0.15, -0.1) is 11.3 Å². The maximum Gasteiger partial charge on any atom is 0.358 e. The molecule has 120 valence electrons. The van der Waals surface area contributed by atoms with Gasteiger partial charge in [-0.05, 0) is 6.92 Å². The lowest BCUT2D eigenvalue weighted by Crippen LogP contribution is -2.10. The number of carbonyl (C=O) groups excluding carboxylic acids is 2. The lowest BCUT2D eigenvalue weighted by molar-refractivity contribution is 0.0518. The number of ketones is 1. The second-order valence-corrected chi connectivity index (χ2v) is 5.93. The third-order valence-electron chi connectivity index (χ3n) is 2.86. The van der Waals surface area contributed by atoms with Crippen molar-refractivity contribution in [3.8, 4) is 10.6 Å². The van der Waals surface area contributed by atoms with Crippen molar-refractivity contribution in [2.45, 2.75) is 6.92 Å². The summed E-state index contributed by atoms with van der Waals surface area (Å²) in [6.45, 7) is 1.95. The first kappa shape index (κ1) is 16.9. The van der Waals surface area contributed by atoms with Gasteiger partial charge in [0.25, 0.3) is 0 Å². The van der Waals surface area contributed by atoms with Crippen LogP contribution in [0.5, 0.6) is 0 Å². The van der Waals surface area contributed by atoms with Gasteiger partial charge >= 0.3 is 5.97 Å². The van der Waals surface area contributed by atoms with E-state index in [0.717, 1.165) is 5.56 Å². The minimum absolute atomic E-state index is 0.0732. The third kappa shape index (κ3) is 4.26. The Kier molecular flexibility index (Phi) is 5.65. The van der Waals surface area contributed by atoms with Crippen molar-refractivity contribution in [2.75, 3.05) is 20.7 Å². The molecule has 0 amide bonds. The molecule has 1 heterocycles. The Bertz CT molecular complexity index is 721. The van der Waals surface area contributed by atoms with E-state index in [1.54, 1.807) is 18.0 Å². The molecule has 1 aromatic heterocycles. The molecule has 6 heteroatoms. The van der Waals surface area contributed by atoms with Gasteiger partial charge in [0, 0.05) is 31.9 Å². The lowest BCUT2D eigenvalue weighted by Gasteiger charge is -2.02. The van der Waals surface area contributed by atoms with E-state index in [1.165, 1.54) is 17.4 Å². The fourth-order valence-corrected chi connectivity index (χ4v) is 2.80. The highest BCUT2D eigenvalue weighted by Crippen LogP contribution is 2.29. The molecule has 2 rings (SSSR count). The summed E-state index contributed by atoms with van der Waals surface area (Å²) in [5, 5.41) is 0.621. The first-order valence-corrected chi connectivity index (χ1v) is 7.97. The third-order valence-corrected chi connectivity index (χ3v) is 3.98. The van der Waals surface area contributed by atoms with E-state index < -0.39 is 5.97 Å². The topological polar surface area (TPSA) is 59.5 Å². The molecule has 0 saturated carbocycles. The molecule has 0 aliphatic carbocycles. The fraction of sp³-hybridized carbons (Fsp3) is 0.235. The summed E-state index contributed by atoms with van der Waals surface area (Å²) in [7, 11) is 3.64. The molecule has 0 atom stereocenters. The normalized spacial score (nSPS) is 10.7. The van der Waals surface area contributed by atoms with Gasteiger partial charge in [0.15, 0.2) is 11.5 Å². The predicted octanol–water partition coefficient (Wildman–Crippen LogP) is 3.24. The molecule has 0 saturated heterocycles. The summed E-state index contributed by atoms with van der Waals surface area (Å²) in [5.74, 6) is -0.839. The SMILES string of the molecule is CCOC(=O)c1nc(-c2ccccc2)sc1C(=O)/C=C/N(C)C. The second-order valence-electron chi connectivity index (χ2n) is 4.93. The summed E-state index contributed by atoms with van der Waals surface area (Å²) in [6, 6.07) is 9.44. The number of esters is 1. The Morgan fingerprint density at radius 1 is 1.26 bits per heavy atom. The van der Waals surface area contributed by atoms with Crippen molar-refractivity contribution in [3.63, 3.8) is 0 Å². The number of allylic oxidation sites excluding steroid dienone is 1. The average Bonchev–Trinajstić information content (AvgIpc) is 2.99. The highest BCUT2D eigenvalue weighted by molar-refractivity contribution is 7.17. The van der Waals surface area contributed by atoms with Crippen LogP contribution in [-0.2, 0) is 4.74 Å². The summed E-state index contributed by atoms with van der Waals surface area (Å²) in [6.07, 6.45) is 3.06. The van der Waals surface area contributed by atoms with E-state index in [4.69, 9.17) is 4.74 Å². The smallest absolute Gasteiger partial charge is 0.358 e. The Morgan fingerprint density at radius 2 is 1.96 bits per heavy atom. The van der Waals surface area contributed by atoms with Crippen molar-refractivity contribution < 1.29 is 14.3 Å². The maximum absolute atomic E-state index is 12.4. The van der Waals surface area contributed by atoms with Gasteiger partial charge in [-0.2, -0.15) is 0 Å². The Labute approximate surface area is 139 Å². The van der Waals surface area contributed by atoms with Crippen LogP contribution in [-0.4, -0.2) is 42.3 Å². The van der Waals surface area contributed by atoms with Gasteiger partial charge in [-0.3, -0.25) is 4.79 Å². The molecule has 0 bridgehead atoms. The Balaban J connectivity index is 2.44. The van der Waals surface area contributed by atoms with E-state index in [9.17, 15) is 9.59 Å². The molecular weight excluding hydrogens is 312 g/mol. The lowest BCUT2D eigenvalue weighted by atomic mass is 10.2. The Hall–Kier alpha value is -2.47. The van der Waals surface area contributed by atoms with Gasteiger partial charge in [0.05, 0.1) is 6.61 Å². The van der Waals surface area contributed by atoms with Gasteiger partial charge in [0.2, 0.25) is 0 Å². The molecule has 0 unspecified atom stereocenters. The van der Waals surface area contributed by atoms with Gasteiger partial charge in [0.1, 0.15) is 9.88 Å². The van der Waals surface area contributed by atoms with Crippen molar-refractivity contribution in [1.29, 1.82) is 0 Å². The molecule has 0 spiro atoms. The van der Waals surface area contributed by atoms with Gasteiger partial charge < -0.3 is 9.64 Å². The summed E-state index contributed by atoms with van der Waals surface area (Å²) < 4.78 is 5.01. The standard InChI is InChI=1S/C17H18N2O3S/c1-4-22-17(21)14-15(13(20)10-11-19(2)3)23-16(18-14)12-8-6-5-7-9-12/h5-11H,4H2,1-3H3/b11-10+. The van der Waals surface area contributed by atoms with Crippen LogP contribution in [0.2, 0.25) is 0 Å². The van der Waals surface area contributed by atoms with Crippen LogP contribution in [0.25, 0.3) is 10.6 Å². The summed E-state index contributed by atoms with van der Waals surface area (Å²) >= 11 is 1.20. The summed E-state index contributed by atoms with van der Waals surface area (Å²) in [5.41, 5.74) is 0.933. The minimum Gasteiger partial charge on any atom is -0.461 e. The largest absolute Gasteiger partial charge is 0.461 e. The van der Waals surface area contributed by atoms with Crippen LogP contribution >= 0.6 is 11.3 Å². The molecule has 0 radical (unpaired) electrons. The van der Waals surface area contributed by atoms with Crippen LogP contribution in [0.4, 0.5) is 0 Å². The van der Waals surface area contributed by atoms with Gasteiger partial charge in [-0.25, -0.2) is 9.78 Å². The van der Waals surface area contributed by atoms with E-state index >= 15 is 0 Å². The number of ether oxygens (including phenoxy) is 1. The van der Waals surface area contributed by atoms with Crippen molar-refractivity contribution in [2.24, 2.45) is 0 Å². The number of thiazole rings is 1. The van der Waals surface area contributed by atoms with Crippen molar-refractivity contribution >= 4 is 23.1 Å². The minimum atomic E-state index is -0.576. The van der Waals surface area contributed by atoms with Crippen LogP contribution in [0.15, 0.2) is 42.6 Å². The number of hydrogen-bond donors (Lipinski definition) is 0. The van der Waals surface area contributed by atoms with Gasteiger partial charge in [-0.1, -0.05) is 30.3 Å². The van der Waals surface area contributed by atoms with E-state index in [2.05, 4.69) is 4.98 Å². The quantitative estimate of drug-likeness (QED) is 0.462. The number of nitrogens with zero attached hydrogens (tertiary/aromatic N) is 2. The average molecular weight is 330 g/mol. The van der Waals surface area contributed by atoms with Crippen molar-refractivity contribution in [3.05, 3.63) is 53.2 Å². The fourth-order valence-electron chi connectivity index (χ4n) is 1.82. The van der Waals surface area contributed by atoms with Crippen LogP contribution in [0.1, 0.15) is 27.1 Å². The number of benzene rings is 1. The molecule has 0 N–H and O–H groups in total. The van der Waals surface area contributed by atoms with E-state index in [0.29, 0.717) is 9.88 Å². The molecule has 0 fully saturated rings. The van der Waals surface area contributed by atoms with E-state index in [1.807, 2.05) is 44.4 Å². The highest BCUT2D eigenvalue weighted by atomic mass is 32.1. The molecule has 0 aliphatic rings. The zero-order valence-corrected chi connectivity index (χ0v) is 14.1. The first-order valence-electron chi connectivity index (χ1n) is 7.15. The Morgan fingerprint density at radius 3 is 2.57 bits per heavy atom. The number of hydrogen-bond acceptors (Lipinski definition) is 6. The summed E-state index contributed by atoms with van der Waals surface area (Å²) in [4.78, 5) is 30.8. The zero-order valence-electron chi connectivity index (χ0n) is 13.3. The molecule has 23 heavy (non-hydrogen) atoms. The highest BCUT2D eigenvalue weighted by Gasteiger charge is 2.23. The number of carbonyl (C=O) groups is 2. The van der Waals surface area contributed by atoms with Crippen molar-refractivity contribution in [1.82, 2.24) is 9.88 Å². The predicted molar refractivity (Wildman–Crippen MR) is 90.7 cm³/mol. The maximum atomic E-state index is 12.4. The number of aromatic nitrogens is 1. The number of rotatable bonds is 6. The molecule has 0 aliphatic heterocycles. The monoisotopic (exact) mass is 330 g/mol. The molecular formula is C17H18N2O3S. The van der Waals surface area contributed by atoms with Crippen LogP contribution < -0.4 is 0 Å². The van der Waals surface area contributed by atoms with Crippen LogP contribution in [0.3, 0.4) is 0 Å². The molecule has 5 nitrogen and oxygen atoms in total. The second kappa shape index (κ2) is 7.69.